The van der Waals surface area contributed by atoms with Gasteiger partial charge < -0.3 is 9.80 Å². The van der Waals surface area contributed by atoms with Crippen molar-refractivity contribution in [1.82, 2.24) is 9.80 Å². The quantitative estimate of drug-likeness (QED) is 0.128. The number of likely N-dealkylation sites (tertiary alicyclic amines) is 1. The molecule has 0 bridgehead atoms. The van der Waals surface area contributed by atoms with E-state index in [9.17, 15) is 19.1 Å². The zero-order chi connectivity index (χ0) is 31.4. The zero-order valence-electron chi connectivity index (χ0n) is 24.7. The first kappa shape index (κ1) is 32.1. The lowest BCUT2D eigenvalue weighted by molar-refractivity contribution is -0.384. The molecule has 44 heavy (non-hydrogen) atoms. The third kappa shape index (κ3) is 7.32. The summed E-state index contributed by atoms with van der Waals surface area (Å²) in [7, 11) is 0.776. The first-order valence-corrected chi connectivity index (χ1v) is 17.0. The number of benzene rings is 4. The number of likely N-dealkylation sites (N-methyl/N-ethyl adjacent to an activating group) is 1. The van der Waals surface area contributed by atoms with Crippen LogP contribution in [-0.2, 0) is 10.8 Å². The maximum Gasteiger partial charge on any atom is 0.270 e. The molecule has 1 saturated heterocycles. The Hall–Kier alpha value is -3.30. The van der Waals surface area contributed by atoms with Crippen LogP contribution in [0.2, 0.25) is 10.0 Å². The average molecular weight is 653 g/mol. The number of amides is 1. The highest BCUT2D eigenvalue weighted by Gasteiger charge is 2.26. The predicted octanol–water partition coefficient (Wildman–Crippen LogP) is 7.92. The van der Waals surface area contributed by atoms with Crippen molar-refractivity contribution in [3.05, 3.63) is 116 Å². The maximum atomic E-state index is 13.7. The van der Waals surface area contributed by atoms with Crippen molar-refractivity contribution in [1.29, 1.82) is 0 Å². The number of rotatable bonds is 10. The van der Waals surface area contributed by atoms with Crippen LogP contribution in [0.4, 0.5) is 5.69 Å². The molecule has 0 aromatic heterocycles. The molecule has 1 aliphatic heterocycles. The summed E-state index contributed by atoms with van der Waals surface area (Å²) in [6, 6.07) is 23.6. The fourth-order valence-corrected chi connectivity index (χ4v) is 7.35. The fourth-order valence-electron chi connectivity index (χ4n) is 6.21. The van der Waals surface area contributed by atoms with Gasteiger partial charge >= 0.3 is 0 Å². The van der Waals surface area contributed by atoms with Gasteiger partial charge in [-0.1, -0.05) is 59.6 Å². The van der Waals surface area contributed by atoms with Crippen LogP contribution in [0.25, 0.3) is 10.8 Å². The summed E-state index contributed by atoms with van der Waals surface area (Å²) in [4.78, 5) is 29.7. The molecule has 1 amide bonds. The Kier molecular flexibility index (Phi) is 10.4. The second-order valence-corrected chi connectivity index (χ2v) is 13.6. The Bertz CT molecular complexity index is 1710. The second-order valence-electron chi connectivity index (χ2n) is 11.4. The van der Waals surface area contributed by atoms with Gasteiger partial charge in [0.25, 0.3) is 11.6 Å². The summed E-state index contributed by atoms with van der Waals surface area (Å²) in [5.74, 6) is 0.251. The van der Waals surface area contributed by atoms with Gasteiger partial charge in [-0.05, 0) is 97.0 Å². The van der Waals surface area contributed by atoms with Gasteiger partial charge in [-0.25, -0.2) is 0 Å². The molecular weight excluding hydrogens is 617 g/mol. The van der Waals surface area contributed by atoms with Crippen LogP contribution in [0.15, 0.2) is 83.8 Å². The lowest BCUT2D eigenvalue weighted by Crippen LogP contribution is -2.36. The lowest BCUT2D eigenvalue weighted by Gasteiger charge is -2.34. The van der Waals surface area contributed by atoms with Crippen LogP contribution in [0, 0.1) is 10.1 Å². The monoisotopic (exact) mass is 651 g/mol. The number of hydrogen-bond donors (Lipinski definition) is 0. The Morgan fingerprint density at radius 2 is 1.77 bits per heavy atom. The number of piperidine rings is 1. The molecule has 0 radical (unpaired) electrons. The molecule has 10 heteroatoms. The fraction of sp³-hybridized carbons (Fsp3) is 0.324. The molecule has 0 N–H and O–H groups in total. The molecular formula is C34H35Cl2N3O4S. The van der Waals surface area contributed by atoms with Gasteiger partial charge in [0.15, 0.2) is 0 Å². The van der Waals surface area contributed by atoms with Crippen LogP contribution >= 0.6 is 23.2 Å². The van der Waals surface area contributed by atoms with Crippen LogP contribution in [-0.4, -0.2) is 64.3 Å². The second kappa shape index (κ2) is 14.2. The average Bonchev–Trinajstić information content (AvgIpc) is 3.03. The number of fused-ring (bicyclic) bond motifs is 1. The summed E-state index contributed by atoms with van der Waals surface area (Å²) in [5.41, 5.74) is 2.71. The van der Waals surface area contributed by atoms with Crippen molar-refractivity contribution in [2.75, 3.05) is 39.5 Å². The number of hydrogen-bond acceptors (Lipinski definition) is 5. The van der Waals surface area contributed by atoms with E-state index in [4.69, 9.17) is 23.2 Å². The summed E-state index contributed by atoms with van der Waals surface area (Å²) in [6.45, 7) is 3.21. The van der Waals surface area contributed by atoms with E-state index in [0.717, 1.165) is 49.4 Å². The number of non-ortho nitro benzene ring substituents is 1. The topological polar surface area (TPSA) is 83.8 Å². The minimum atomic E-state index is -1.01. The molecule has 0 spiro atoms. The molecule has 4 aromatic rings. The Morgan fingerprint density at radius 1 is 1.02 bits per heavy atom. The smallest absolute Gasteiger partial charge is 0.270 e. The van der Waals surface area contributed by atoms with Crippen molar-refractivity contribution in [3.63, 3.8) is 0 Å². The summed E-state index contributed by atoms with van der Waals surface area (Å²) in [5, 5.41) is 13.6. The molecule has 0 saturated carbocycles. The van der Waals surface area contributed by atoms with Gasteiger partial charge in [-0.15, -0.1) is 0 Å². The Morgan fingerprint density at radius 3 is 2.48 bits per heavy atom. The first-order valence-electron chi connectivity index (χ1n) is 14.6. The number of nitrogens with zero attached hydrogens (tertiary/aromatic N) is 3. The number of halogens is 2. The molecule has 4 aromatic carbocycles. The minimum absolute atomic E-state index is 0.00995. The first-order chi connectivity index (χ1) is 21.1. The van der Waals surface area contributed by atoms with Gasteiger partial charge in [0.05, 0.1) is 25.8 Å². The molecule has 2 atom stereocenters. The molecule has 1 fully saturated rings. The van der Waals surface area contributed by atoms with Crippen molar-refractivity contribution in [2.45, 2.75) is 36.0 Å². The van der Waals surface area contributed by atoms with Crippen LogP contribution in [0.5, 0.6) is 0 Å². The maximum absolute atomic E-state index is 13.7. The van der Waals surface area contributed by atoms with E-state index in [1.54, 1.807) is 48.5 Å². The van der Waals surface area contributed by atoms with E-state index >= 15 is 0 Å². The van der Waals surface area contributed by atoms with Gasteiger partial charge in [0, 0.05) is 48.4 Å². The van der Waals surface area contributed by atoms with Gasteiger partial charge in [-0.3, -0.25) is 19.1 Å². The van der Waals surface area contributed by atoms with E-state index < -0.39 is 15.7 Å². The highest BCUT2D eigenvalue weighted by Crippen LogP contribution is 2.34. The van der Waals surface area contributed by atoms with Crippen LogP contribution < -0.4 is 0 Å². The predicted molar refractivity (Wildman–Crippen MR) is 179 cm³/mol. The molecule has 5 rings (SSSR count). The Labute approximate surface area is 270 Å². The standard InChI is InChI=1S/C34H35Cl2N3O4S/c1-37(34(40)30-8-5-6-25-20-27(39(41)42)11-12-28(25)30)22-26(24-10-13-31(35)32(36)21-24)16-19-38-17-14-23(15-18-38)29-7-3-4-9-33(29)44(2)43/h3-13,20-21,23,26H,14-19,22H2,1-2H3/t26-,44+/m1/s1. The number of carbonyl (C=O) groups excluding carboxylic acids is 1. The summed E-state index contributed by atoms with van der Waals surface area (Å²) in [6.07, 6.45) is 4.56. The van der Waals surface area contributed by atoms with E-state index in [2.05, 4.69) is 11.0 Å². The van der Waals surface area contributed by atoms with Crippen molar-refractivity contribution < 1.29 is 13.9 Å². The van der Waals surface area contributed by atoms with Crippen LogP contribution in [0.1, 0.15) is 52.6 Å². The van der Waals surface area contributed by atoms with Crippen molar-refractivity contribution in [3.8, 4) is 0 Å². The highest BCUT2D eigenvalue weighted by molar-refractivity contribution is 7.84. The molecule has 7 nitrogen and oxygen atoms in total. The molecule has 1 heterocycles. The molecule has 0 unspecified atom stereocenters. The number of nitro benzene ring substituents is 1. The van der Waals surface area contributed by atoms with E-state index in [1.165, 1.54) is 17.7 Å². The highest BCUT2D eigenvalue weighted by atomic mass is 35.5. The third-order valence-corrected chi connectivity index (χ3v) is 10.3. The van der Waals surface area contributed by atoms with Gasteiger partial charge in [0.1, 0.15) is 0 Å². The molecule has 230 valence electrons. The van der Waals surface area contributed by atoms with Crippen molar-refractivity contribution in [2.24, 2.45) is 0 Å². The number of nitro groups is 1. The summed E-state index contributed by atoms with van der Waals surface area (Å²) >= 11 is 12.7. The molecule has 1 aliphatic rings. The summed E-state index contributed by atoms with van der Waals surface area (Å²) < 4.78 is 12.3. The zero-order valence-corrected chi connectivity index (χ0v) is 27.1. The normalized spacial score (nSPS) is 15.6. The lowest BCUT2D eigenvalue weighted by atomic mass is 9.88. The van der Waals surface area contributed by atoms with E-state index in [1.807, 2.05) is 30.3 Å². The molecule has 0 aliphatic carbocycles. The van der Waals surface area contributed by atoms with E-state index in [-0.39, 0.29) is 17.5 Å². The Balaban J connectivity index is 1.30. The van der Waals surface area contributed by atoms with Crippen LogP contribution in [0.3, 0.4) is 0 Å². The SMILES string of the molecule is CN(C[C@@H](CCN1CCC(c2ccccc2[S@](C)=O)CC1)c1ccc(Cl)c(Cl)c1)C(=O)c1cccc2cc([N+](=O)[O-])ccc12. The minimum Gasteiger partial charge on any atom is -0.341 e. The van der Waals surface area contributed by atoms with Crippen molar-refractivity contribution >= 4 is 56.4 Å². The number of carbonyl (C=O) groups is 1. The van der Waals surface area contributed by atoms with E-state index in [0.29, 0.717) is 38.8 Å². The van der Waals surface area contributed by atoms with Gasteiger partial charge in [-0.2, -0.15) is 0 Å². The largest absolute Gasteiger partial charge is 0.341 e. The third-order valence-electron chi connectivity index (χ3n) is 8.61. The van der Waals surface area contributed by atoms with Gasteiger partial charge in [0.2, 0.25) is 0 Å².